The molecule has 3 rings (SSSR count). The summed E-state index contributed by atoms with van der Waals surface area (Å²) < 4.78 is 10.8. The number of benzene rings is 2. The minimum Gasteiger partial charge on any atom is -0.493 e. The molecule has 2 atom stereocenters. The van der Waals surface area contributed by atoms with Crippen molar-refractivity contribution in [3.05, 3.63) is 54.1 Å². The molecule has 1 fully saturated rings. The van der Waals surface area contributed by atoms with Crippen LogP contribution in [0.5, 0.6) is 11.5 Å². The summed E-state index contributed by atoms with van der Waals surface area (Å²) in [6.45, 7) is 3.72. The molecule has 0 aliphatic carbocycles. The lowest BCUT2D eigenvalue weighted by atomic mass is 9.97. The maximum absolute atomic E-state index is 12.8. The van der Waals surface area contributed by atoms with Gasteiger partial charge < -0.3 is 25.4 Å². The van der Waals surface area contributed by atoms with Crippen LogP contribution in [0.2, 0.25) is 0 Å². The van der Waals surface area contributed by atoms with Gasteiger partial charge in [-0.05, 0) is 36.2 Å². The first-order chi connectivity index (χ1) is 15.5. The van der Waals surface area contributed by atoms with Gasteiger partial charge in [-0.3, -0.25) is 9.69 Å². The van der Waals surface area contributed by atoms with Gasteiger partial charge in [0.25, 0.3) is 0 Å². The zero-order valence-electron chi connectivity index (χ0n) is 18.9. The average molecular weight is 441 g/mol. The Morgan fingerprint density at radius 2 is 1.81 bits per heavy atom. The summed E-state index contributed by atoms with van der Waals surface area (Å²) in [6.07, 6.45) is 1.01. The van der Waals surface area contributed by atoms with Gasteiger partial charge in [-0.25, -0.2) is 4.79 Å². The van der Waals surface area contributed by atoms with Crippen molar-refractivity contribution in [3.63, 3.8) is 0 Å². The number of urea groups is 1. The van der Waals surface area contributed by atoms with E-state index in [9.17, 15) is 9.59 Å². The van der Waals surface area contributed by atoms with Crippen LogP contribution in [0.1, 0.15) is 31.4 Å². The molecular formula is C24H32N4O4. The van der Waals surface area contributed by atoms with Crippen LogP contribution in [0.25, 0.3) is 0 Å². The Balaban J connectivity index is 1.79. The molecule has 32 heavy (non-hydrogen) atoms. The smallest absolute Gasteiger partial charge is 0.321 e. The predicted molar refractivity (Wildman–Crippen MR) is 124 cm³/mol. The van der Waals surface area contributed by atoms with Gasteiger partial charge in [0.15, 0.2) is 11.5 Å². The van der Waals surface area contributed by atoms with Gasteiger partial charge in [-0.15, -0.1) is 0 Å². The van der Waals surface area contributed by atoms with Gasteiger partial charge >= 0.3 is 6.03 Å². The molecule has 172 valence electrons. The third-order valence-corrected chi connectivity index (χ3v) is 5.86. The Bertz CT molecular complexity index is 921. The van der Waals surface area contributed by atoms with E-state index in [4.69, 9.17) is 15.2 Å². The Morgan fingerprint density at radius 1 is 1.09 bits per heavy atom. The van der Waals surface area contributed by atoms with Crippen molar-refractivity contribution in [2.24, 2.45) is 5.73 Å². The fourth-order valence-corrected chi connectivity index (χ4v) is 4.32. The Hall–Kier alpha value is -3.26. The van der Waals surface area contributed by atoms with Crippen LogP contribution in [0.3, 0.4) is 0 Å². The van der Waals surface area contributed by atoms with Gasteiger partial charge in [0.1, 0.15) is 0 Å². The van der Waals surface area contributed by atoms with Crippen molar-refractivity contribution in [1.29, 1.82) is 0 Å². The molecule has 1 aliphatic rings. The van der Waals surface area contributed by atoms with Crippen molar-refractivity contribution >= 4 is 17.6 Å². The van der Waals surface area contributed by atoms with Gasteiger partial charge in [-0.1, -0.05) is 31.2 Å². The lowest BCUT2D eigenvalue weighted by Crippen LogP contribution is -2.57. The molecule has 3 N–H and O–H groups in total. The summed E-state index contributed by atoms with van der Waals surface area (Å²) in [5.41, 5.74) is 7.38. The van der Waals surface area contributed by atoms with E-state index in [0.29, 0.717) is 31.1 Å². The summed E-state index contributed by atoms with van der Waals surface area (Å²) in [6, 6.07) is 14.9. The fraction of sp³-hybridized carbons (Fsp3) is 0.417. The minimum absolute atomic E-state index is 0.0542. The number of carbonyl (C=O) groups excluding carboxylic acids is 2. The average Bonchev–Trinajstić information content (AvgIpc) is 2.80. The molecule has 1 heterocycles. The third kappa shape index (κ3) is 5.50. The molecule has 2 unspecified atom stereocenters. The molecule has 0 radical (unpaired) electrons. The van der Waals surface area contributed by atoms with Crippen LogP contribution in [0.4, 0.5) is 10.5 Å². The van der Waals surface area contributed by atoms with Crippen molar-refractivity contribution < 1.29 is 19.1 Å². The van der Waals surface area contributed by atoms with Crippen molar-refractivity contribution in [2.45, 2.75) is 31.8 Å². The zero-order chi connectivity index (χ0) is 23.1. The van der Waals surface area contributed by atoms with Crippen LogP contribution >= 0.6 is 0 Å². The summed E-state index contributed by atoms with van der Waals surface area (Å²) in [5, 5.41) is 2.92. The van der Waals surface area contributed by atoms with E-state index in [1.807, 2.05) is 48.5 Å². The molecule has 8 nitrogen and oxygen atoms in total. The first kappa shape index (κ1) is 23.4. The predicted octanol–water partition coefficient (Wildman–Crippen LogP) is 3.25. The second-order valence-electron chi connectivity index (χ2n) is 7.84. The van der Waals surface area contributed by atoms with Crippen molar-refractivity contribution in [2.75, 3.05) is 39.2 Å². The van der Waals surface area contributed by atoms with E-state index in [-0.39, 0.29) is 30.4 Å². The number of nitrogens with two attached hydrogens (primary N) is 1. The molecule has 3 amide bonds. The number of ether oxygens (including phenoxy) is 2. The number of nitrogens with zero attached hydrogens (tertiary/aromatic N) is 2. The maximum Gasteiger partial charge on any atom is 0.321 e. The van der Waals surface area contributed by atoms with Crippen LogP contribution in [-0.4, -0.2) is 61.6 Å². The number of primary amides is 1. The van der Waals surface area contributed by atoms with E-state index >= 15 is 0 Å². The van der Waals surface area contributed by atoms with E-state index in [0.717, 1.165) is 17.7 Å². The Kier molecular flexibility index (Phi) is 7.94. The number of carbonyl (C=O) groups is 2. The summed E-state index contributed by atoms with van der Waals surface area (Å²) in [4.78, 5) is 28.7. The van der Waals surface area contributed by atoms with Crippen LogP contribution in [0, 0.1) is 0 Å². The summed E-state index contributed by atoms with van der Waals surface area (Å²) in [5.74, 6) is 0.949. The van der Waals surface area contributed by atoms with Gasteiger partial charge in [0.2, 0.25) is 5.91 Å². The number of piperazine rings is 1. The lowest BCUT2D eigenvalue weighted by Gasteiger charge is -2.45. The molecule has 1 saturated heterocycles. The lowest BCUT2D eigenvalue weighted by molar-refractivity contribution is -0.120. The summed E-state index contributed by atoms with van der Waals surface area (Å²) in [7, 11) is 3.22. The van der Waals surface area contributed by atoms with Crippen molar-refractivity contribution in [3.8, 4) is 11.5 Å². The van der Waals surface area contributed by atoms with Gasteiger partial charge in [0.05, 0.1) is 14.2 Å². The maximum atomic E-state index is 12.8. The topological polar surface area (TPSA) is 97.1 Å². The van der Waals surface area contributed by atoms with Gasteiger partial charge in [-0.2, -0.15) is 0 Å². The highest BCUT2D eigenvalue weighted by Crippen LogP contribution is 2.35. The minimum atomic E-state index is -0.382. The molecule has 2 aromatic rings. The quantitative estimate of drug-likeness (QED) is 0.657. The number of rotatable bonds is 8. The molecular weight excluding hydrogens is 408 g/mol. The third-order valence-electron chi connectivity index (χ3n) is 5.86. The highest BCUT2D eigenvalue weighted by atomic mass is 16.5. The standard InChI is InChI=1S/C24H32N4O4/c1-4-20(17-10-11-21(31-2)22(14-17)32-3)28-13-12-27(16-19(28)15-23(25)29)24(30)26-18-8-6-5-7-9-18/h5-11,14,19-20H,4,12-13,15-16H2,1-3H3,(H2,25,29)(H,26,30). The highest BCUT2D eigenvalue weighted by molar-refractivity contribution is 5.89. The molecule has 1 aliphatic heterocycles. The second-order valence-corrected chi connectivity index (χ2v) is 7.84. The first-order valence-corrected chi connectivity index (χ1v) is 10.8. The number of hydrogen-bond donors (Lipinski definition) is 2. The second kappa shape index (κ2) is 10.9. The Labute approximate surface area is 189 Å². The number of methoxy groups -OCH3 is 2. The molecule has 0 spiro atoms. The molecule has 0 aromatic heterocycles. The van der Waals surface area contributed by atoms with E-state index in [1.54, 1.807) is 19.1 Å². The number of nitrogens with one attached hydrogen (secondary N) is 1. The normalized spacial score (nSPS) is 17.5. The van der Waals surface area contributed by atoms with Crippen molar-refractivity contribution in [1.82, 2.24) is 9.80 Å². The number of amides is 3. The van der Waals surface area contributed by atoms with Crippen LogP contribution < -0.4 is 20.5 Å². The number of hydrogen-bond acceptors (Lipinski definition) is 5. The largest absolute Gasteiger partial charge is 0.493 e. The van der Waals surface area contributed by atoms with Crippen LogP contribution in [-0.2, 0) is 4.79 Å². The SMILES string of the molecule is CCC(c1ccc(OC)c(OC)c1)N1CCN(C(=O)Nc2ccccc2)CC1CC(N)=O. The van der Waals surface area contributed by atoms with E-state index in [1.165, 1.54) is 0 Å². The number of para-hydroxylation sites is 1. The molecule has 0 saturated carbocycles. The van der Waals surface area contributed by atoms with E-state index in [2.05, 4.69) is 17.1 Å². The Morgan fingerprint density at radius 3 is 2.44 bits per heavy atom. The number of anilines is 1. The van der Waals surface area contributed by atoms with E-state index < -0.39 is 0 Å². The molecule has 0 bridgehead atoms. The fourth-order valence-electron chi connectivity index (χ4n) is 4.32. The first-order valence-electron chi connectivity index (χ1n) is 10.8. The van der Waals surface area contributed by atoms with Crippen LogP contribution in [0.15, 0.2) is 48.5 Å². The monoisotopic (exact) mass is 440 g/mol. The van der Waals surface area contributed by atoms with Gasteiger partial charge in [0, 0.05) is 43.8 Å². The summed E-state index contributed by atoms with van der Waals surface area (Å²) >= 11 is 0. The molecule has 8 heteroatoms. The molecule has 2 aromatic carbocycles. The zero-order valence-corrected chi connectivity index (χ0v) is 18.9. The highest BCUT2D eigenvalue weighted by Gasteiger charge is 2.35.